The summed E-state index contributed by atoms with van der Waals surface area (Å²) in [4.78, 5) is 35.9. The zero-order chi connectivity index (χ0) is 24.8. The number of carboxylic acids is 1. The molecule has 9 heteroatoms. The summed E-state index contributed by atoms with van der Waals surface area (Å²) < 4.78 is 10.4. The van der Waals surface area contributed by atoms with Crippen molar-refractivity contribution in [3.63, 3.8) is 0 Å². The Kier molecular flexibility index (Phi) is 12.0. The van der Waals surface area contributed by atoms with Gasteiger partial charge >= 0.3 is 18.0 Å². The van der Waals surface area contributed by atoms with Crippen LogP contribution in [0.25, 0.3) is 0 Å². The fourth-order valence-corrected chi connectivity index (χ4v) is 4.20. The highest BCUT2D eigenvalue weighted by atomic mass is 32.2. The maximum absolute atomic E-state index is 12.4. The molecule has 34 heavy (non-hydrogen) atoms. The smallest absolute Gasteiger partial charge is 0.407 e. The van der Waals surface area contributed by atoms with Gasteiger partial charge in [0.1, 0.15) is 18.7 Å². The number of thioether (sulfide) groups is 1. The predicted octanol–water partition coefficient (Wildman–Crippen LogP) is 3.25. The highest BCUT2D eigenvalue weighted by Crippen LogP contribution is 2.12. The molecule has 0 heterocycles. The third-order valence-corrected chi connectivity index (χ3v) is 6.06. The first-order valence-corrected chi connectivity index (χ1v) is 12.3. The molecule has 2 rings (SSSR count). The fourth-order valence-electron chi connectivity index (χ4n) is 3.11. The zero-order valence-corrected chi connectivity index (χ0v) is 20.3. The Labute approximate surface area is 204 Å². The van der Waals surface area contributed by atoms with Crippen LogP contribution in [0.1, 0.15) is 25.0 Å². The summed E-state index contributed by atoms with van der Waals surface area (Å²) in [6.07, 6.45) is 0.0575. The molecule has 0 spiro atoms. The number of ether oxygens (including phenoxy) is 2. The van der Waals surface area contributed by atoms with Crippen molar-refractivity contribution in [2.45, 2.75) is 45.0 Å². The molecular formula is C25H32N2O6S. The van der Waals surface area contributed by atoms with Crippen LogP contribution in [0.4, 0.5) is 4.79 Å². The Morgan fingerprint density at radius 3 is 2.15 bits per heavy atom. The maximum Gasteiger partial charge on any atom is 0.407 e. The third kappa shape index (κ3) is 10.3. The molecule has 2 aromatic rings. The number of carboxylic acid groups (broad SMARTS) is 1. The van der Waals surface area contributed by atoms with Crippen molar-refractivity contribution in [2.75, 3.05) is 18.1 Å². The molecule has 184 valence electrons. The zero-order valence-electron chi connectivity index (χ0n) is 19.4. The Morgan fingerprint density at radius 2 is 1.56 bits per heavy atom. The Morgan fingerprint density at radius 1 is 0.941 bits per heavy atom. The SMILES string of the molecule is CCOC(=O)[C@H](CSC[C@H](Cc1ccccc1)NC(=O)OCc1ccccc1)N[C@@H](C)C(=O)O. The second-order valence-electron chi connectivity index (χ2n) is 7.66. The van der Waals surface area contributed by atoms with E-state index in [0.717, 1.165) is 11.1 Å². The Hall–Kier alpha value is -3.04. The lowest BCUT2D eigenvalue weighted by Gasteiger charge is -2.22. The summed E-state index contributed by atoms with van der Waals surface area (Å²) >= 11 is 1.43. The van der Waals surface area contributed by atoms with E-state index in [4.69, 9.17) is 14.6 Å². The van der Waals surface area contributed by atoms with Crippen LogP contribution in [0.3, 0.4) is 0 Å². The fraction of sp³-hybridized carbons (Fsp3) is 0.400. The lowest BCUT2D eigenvalue weighted by Crippen LogP contribution is -2.48. The third-order valence-electron chi connectivity index (χ3n) is 4.86. The molecule has 0 saturated heterocycles. The van der Waals surface area contributed by atoms with E-state index in [9.17, 15) is 14.4 Å². The number of hydrogen-bond donors (Lipinski definition) is 3. The summed E-state index contributed by atoms with van der Waals surface area (Å²) in [6, 6.07) is 17.2. The molecule has 0 aliphatic heterocycles. The number of carbonyl (C=O) groups excluding carboxylic acids is 2. The number of rotatable bonds is 14. The van der Waals surface area contributed by atoms with E-state index in [2.05, 4.69) is 10.6 Å². The second kappa shape index (κ2) is 15.0. The van der Waals surface area contributed by atoms with Gasteiger partial charge in [-0.05, 0) is 31.4 Å². The largest absolute Gasteiger partial charge is 0.480 e. The van der Waals surface area contributed by atoms with E-state index in [0.29, 0.717) is 17.9 Å². The lowest BCUT2D eigenvalue weighted by molar-refractivity contribution is -0.146. The molecule has 2 aromatic carbocycles. The minimum atomic E-state index is -1.05. The van der Waals surface area contributed by atoms with Crippen LogP contribution >= 0.6 is 11.8 Å². The van der Waals surface area contributed by atoms with E-state index >= 15 is 0 Å². The molecule has 1 amide bonds. The number of hydrogen-bond acceptors (Lipinski definition) is 7. The van der Waals surface area contributed by atoms with Crippen molar-refractivity contribution >= 4 is 29.8 Å². The van der Waals surface area contributed by atoms with Crippen molar-refractivity contribution in [3.8, 4) is 0 Å². The highest BCUT2D eigenvalue weighted by Gasteiger charge is 2.25. The molecule has 3 N–H and O–H groups in total. The summed E-state index contributed by atoms with van der Waals surface area (Å²) in [7, 11) is 0. The molecule has 8 nitrogen and oxygen atoms in total. The molecule has 3 atom stereocenters. The number of carbonyl (C=O) groups is 3. The number of aliphatic carboxylic acids is 1. The molecule has 0 aliphatic carbocycles. The number of nitrogens with one attached hydrogen (secondary N) is 2. The van der Waals surface area contributed by atoms with Gasteiger partial charge in [0.05, 0.1) is 6.61 Å². The Bertz CT molecular complexity index is 897. The van der Waals surface area contributed by atoms with E-state index in [1.165, 1.54) is 18.7 Å². The van der Waals surface area contributed by atoms with Crippen LogP contribution in [0.2, 0.25) is 0 Å². The van der Waals surface area contributed by atoms with E-state index < -0.39 is 30.1 Å². The summed E-state index contributed by atoms with van der Waals surface area (Å²) in [5.74, 6) is -0.765. The average Bonchev–Trinajstić information content (AvgIpc) is 2.83. The summed E-state index contributed by atoms with van der Waals surface area (Å²) in [5.41, 5.74) is 1.94. The molecule has 0 unspecified atom stereocenters. The molecule has 0 aromatic heterocycles. The monoisotopic (exact) mass is 488 g/mol. The summed E-state index contributed by atoms with van der Waals surface area (Å²) in [5, 5.41) is 14.9. The topological polar surface area (TPSA) is 114 Å². The van der Waals surface area contributed by atoms with Gasteiger partial charge in [0, 0.05) is 17.5 Å². The van der Waals surface area contributed by atoms with Crippen LogP contribution in [0, 0.1) is 0 Å². The first kappa shape index (κ1) is 27.2. The van der Waals surface area contributed by atoms with Crippen LogP contribution in [0.15, 0.2) is 60.7 Å². The lowest BCUT2D eigenvalue weighted by atomic mass is 10.1. The molecule has 0 radical (unpaired) electrons. The average molecular weight is 489 g/mol. The Balaban J connectivity index is 1.96. The maximum atomic E-state index is 12.4. The molecule has 0 aliphatic rings. The number of esters is 1. The van der Waals surface area contributed by atoms with E-state index in [1.807, 2.05) is 60.7 Å². The first-order valence-electron chi connectivity index (χ1n) is 11.1. The highest BCUT2D eigenvalue weighted by molar-refractivity contribution is 7.99. The quantitative estimate of drug-likeness (QED) is 0.347. The molecule has 0 fully saturated rings. The van der Waals surface area contributed by atoms with Gasteiger partial charge in [0.25, 0.3) is 0 Å². The van der Waals surface area contributed by atoms with Gasteiger partial charge in [-0.3, -0.25) is 14.9 Å². The van der Waals surface area contributed by atoms with Gasteiger partial charge in [0.2, 0.25) is 0 Å². The molecular weight excluding hydrogens is 456 g/mol. The minimum absolute atomic E-state index is 0.166. The normalized spacial score (nSPS) is 13.4. The molecule has 0 bridgehead atoms. The van der Waals surface area contributed by atoms with Crippen LogP contribution in [0.5, 0.6) is 0 Å². The van der Waals surface area contributed by atoms with Gasteiger partial charge < -0.3 is 19.9 Å². The minimum Gasteiger partial charge on any atom is -0.480 e. The van der Waals surface area contributed by atoms with Crippen LogP contribution in [-0.2, 0) is 32.1 Å². The predicted molar refractivity (Wildman–Crippen MR) is 132 cm³/mol. The van der Waals surface area contributed by atoms with Gasteiger partial charge in [0.15, 0.2) is 0 Å². The standard InChI is InChI=1S/C25H32N2O6S/c1-3-32-24(30)22(26-18(2)23(28)29)17-34-16-21(14-19-10-6-4-7-11-19)27-25(31)33-15-20-12-8-5-9-13-20/h4-13,18,21-22,26H,3,14-17H2,1-2H3,(H,27,31)(H,28,29)/t18-,21-,22-/m0/s1. The number of alkyl carbamates (subject to hydrolysis) is 1. The number of benzene rings is 2. The van der Waals surface area contributed by atoms with Crippen molar-refractivity contribution in [1.82, 2.24) is 10.6 Å². The second-order valence-corrected chi connectivity index (χ2v) is 8.74. The van der Waals surface area contributed by atoms with Gasteiger partial charge in [-0.25, -0.2) is 4.79 Å². The van der Waals surface area contributed by atoms with E-state index in [1.54, 1.807) is 6.92 Å². The van der Waals surface area contributed by atoms with Gasteiger partial charge in [-0.15, -0.1) is 0 Å². The van der Waals surface area contributed by atoms with Crippen LogP contribution < -0.4 is 10.6 Å². The van der Waals surface area contributed by atoms with Gasteiger partial charge in [-0.1, -0.05) is 60.7 Å². The van der Waals surface area contributed by atoms with Gasteiger partial charge in [-0.2, -0.15) is 11.8 Å². The van der Waals surface area contributed by atoms with Crippen molar-refractivity contribution < 1.29 is 29.0 Å². The first-order chi connectivity index (χ1) is 16.4. The van der Waals surface area contributed by atoms with Crippen molar-refractivity contribution in [1.29, 1.82) is 0 Å². The van der Waals surface area contributed by atoms with Crippen molar-refractivity contribution in [2.24, 2.45) is 0 Å². The van der Waals surface area contributed by atoms with E-state index in [-0.39, 0.29) is 19.3 Å². The number of amides is 1. The van der Waals surface area contributed by atoms with Crippen molar-refractivity contribution in [3.05, 3.63) is 71.8 Å². The van der Waals surface area contributed by atoms with Crippen LogP contribution in [-0.4, -0.2) is 59.4 Å². The molecule has 0 saturated carbocycles. The summed E-state index contributed by atoms with van der Waals surface area (Å²) in [6.45, 7) is 3.54.